The van der Waals surface area contributed by atoms with E-state index in [0.717, 1.165) is 17.0 Å². The first kappa shape index (κ1) is 12.4. The lowest BCUT2D eigenvalue weighted by Gasteiger charge is -2.10. The highest BCUT2D eigenvalue weighted by atomic mass is 32.1. The van der Waals surface area contributed by atoms with Crippen molar-refractivity contribution in [1.82, 2.24) is 20.4 Å². The smallest absolute Gasteiger partial charge is 0.251 e. The van der Waals surface area contributed by atoms with Gasteiger partial charge in [-0.15, -0.1) is 10.2 Å². The Morgan fingerprint density at radius 3 is 2.61 bits per heavy atom. The fourth-order valence-corrected chi connectivity index (χ4v) is 1.73. The Bertz CT molecular complexity index is 607. The number of ether oxygens (including phenoxy) is 1. The third-order valence-corrected chi connectivity index (χ3v) is 2.76. The summed E-state index contributed by atoms with van der Waals surface area (Å²) in [6.07, 6.45) is 0. The van der Waals surface area contributed by atoms with Crippen LogP contribution in [0.2, 0.25) is 0 Å². The van der Waals surface area contributed by atoms with Crippen LogP contribution in [0.4, 0.5) is 0 Å². The van der Waals surface area contributed by atoms with E-state index in [9.17, 15) is 0 Å². The number of nitrogens with zero attached hydrogens (tertiary/aromatic N) is 3. The second-order valence-electron chi connectivity index (χ2n) is 3.95. The average Bonchev–Trinajstić information content (AvgIpc) is 2.69. The number of thiocarbonyl (C=S) groups is 1. The Balaban J connectivity index is 2.44. The molecule has 6 nitrogen and oxygen atoms in total. The van der Waals surface area contributed by atoms with E-state index in [-0.39, 0.29) is 10.9 Å². The van der Waals surface area contributed by atoms with Gasteiger partial charge in [-0.25, -0.2) is 0 Å². The molecule has 2 aromatic rings. The summed E-state index contributed by atoms with van der Waals surface area (Å²) < 4.78 is 5.54. The molecule has 0 aliphatic rings. The molecule has 0 aliphatic carbocycles. The van der Waals surface area contributed by atoms with Gasteiger partial charge in [0.25, 0.3) is 5.88 Å². The van der Waals surface area contributed by atoms with Gasteiger partial charge in [-0.2, -0.15) is 5.10 Å². The fourth-order valence-electron chi connectivity index (χ4n) is 1.49. The summed E-state index contributed by atoms with van der Waals surface area (Å²) in [5, 5.41) is 14.7. The summed E-state index contributed by atoms with van der Waals surface area (Å²) in [6, 6.07) is 1.75. The van der Waals surface area contributed by atoms with Gasteiger partial charge < -0.3 is 10.5 Å². The zero-order chi connectivity index (χ0) is 13.3. The van der Waals surface area contributed by atoms with Crippen molar-refractivity contribution in [3.05, 3.63) is 28.6 Å². The highest BCUT2D eigenvalue weighted by Gasteiger charge is 2.16. The molecular weight excluding hydrogens is 250 g/mol. The summed E-state index contributed by atoms with van der Waals surface area (Å²) in [7, 11) is 0. The van der Waals surface area contributed by atoms with E-state index in [4.69, 9.17) is 22.7 Å². The van der Waals surface area contributed by atoms with Gasteiger partial charge in [0, 0.05) is 11.8 Å². The predicted molar refractivity (Wildman–Crippen MR) is 70.8 cm³/mol. The van der Waals surface area contributed by atoms with Gasteiger partial charge in [0.05, 0.1) is 11.3 Å². The number of rotatable bonds is 3. The number of aryl methyl sites for hydroxylation is 2. The van der Waals surface area contributed by atoms with E-state index in [0.29, 0.717) is 11.4 Å². The molecule has 0 radical (unpaired) electrons. The molecule has 0 fully saturated rings. The standard InChI is InChI=1S/C11H13N5OS/c1-5-4-8(15-13-5)17-11-9(10(12)18)6(2)7(3)14-16-11/h4H,1-3H3,(H2,12,18)(H,13,15). The number of hydrogen-bond acceptors (Lipinski definition) is 5. The first-order valence-corrected chi connectivity index (χ1v) is 5.73. The van der Waals surface area contributed by atoms with Crippen molar-refractivity contribution >= 4 is 17.2 Å². The molecule has 2 aromatic heterocycles. The van der Waals surface area contributed by atoms with Gasteiger partial charge in [-0.3, -0.25) is 5.10 Å². The number of aromatic amines is 1. The molecule has 0 amide bonds. The predicted octanol–water partition coefficient (Wildman–Crippen LogP) is 1.55. The maximum atomic E-state index is 5.70. The van der Waals surface area contributed by atoms with E-state index in [1.54, 1.807) is 6.07 Å². The lowest BCUT2D eigenvalue weighted by Crippen LogP contribution is -2.15. The molecule has 0 saturated heterocycles. The molecule has 94 valence electrons. The molecule has 0 atom stereocenters. The topological polar surface area (TPSA) is 89.7 Å². The lowest BCUT2D eigenvalue weighted by atomic mass is 10.1. The maximum Gasteiger partial charge on any atom is 0.251 e. The van der Waals surface area contributed by atoms with Gasteiger partial charge >= 0.3 is 0 Å². The molecule has 0 bridgehead atoms. The number of nitrogens with two attached hydrogens (primary N) is 1. The van der Waals surface area contributed by atoms with Gasteiger partial charge in [0.15, 0.2) is 0 Å². The van der Waals surface area contributed by atoms with E-state index in [1.165, 1.54) is 0 Å². The van der Waals surface area contributed by atoms with Crippen LogP contribution in [-0.2, 0) is 0 Å². The minimum Gasteiger partial charge on any atom is -0.417 e. The van der Waals surface area contributed by atoms with Gasteiger partial charge in [0.1, 0.15) is 4.99 Å². The zero-order valence-electron chi connectivity index (χ0n) is 10.3. The van der Waals surface area contributed by atoms with Crippen molar-refractivity contribution in [2.45, 2.75) is 20.8 Å². The van der Waals surface area contributed by atoms with Crippen LogP contribution in [0.3, 0.4) is 0 Å². The van der Waals surface area contributed by atoms with Crippen molar-refractivity contribution in [3.8, 4) is 11.8 Å². The Morgan fingerprint density at radius 1 is 1.33 bits per heavy atom. The van der Waals surface area contributed by atoms with E-state index in [1.807, 2.05) is 20.8 Å². The minimum atomic E-state index is 0.229. The van der Waals surface area contributed by atoms with Crippen LogP contribution >= 0.6 is 12.2 Å². The second kappa shape index (κ2) is 4.69. The number of hydrogen-bond donors (Lipinski definition) is 2. The summed E-state index contributed by atoms with van der Waals surface area (Å²) in [4.78, 5) is 0.229. The molecule has 7 heteroatoms. The number of nitrogens with one attached hydrogen (secondary N) is 1. The molecule has 0 saturated carbocycles. The third-order valence-electron chi connectivity index (χ3n) is 2.55. The molecule has 18 heavy (non-hydrogen) atoms. The number of aromatic nitrogens is 4. The van der Waals surface area contributed by atoms with Crippen molar-refractivity contribution in [3.63, 3.8) is 0 Å². The molecule has 0 unspecified atom stereocenters. The molecule has 3 N–H and O–H groups in total. The van der Waals surface area contributed by atoms with Crippen LogP contribution in [-0.4, -0.2) is 25.4 Å². The van der Waals surface area contributed by atoms with Crippen molar-refractivity contribution in [2.75, 3.05) is 0 Å². The SMILES string of the molecule is Cc1cc(Oc2nnc(C)c(C)c2C(N)=S)n[nH]1. The van der Waals surface area contributed by atoms with Crippen LogP contribution in [0.15, 0.2) is 6.07 Å². The average molecular weight is 263 g/mol. The van der Waals surface area contributed by atoms with Gasteiger partial charge in [-0.1, -0.05) is 12.2 Å². The summed E-state index contributed by atoms with van der Waals surface area (Å²) >= 11 is 5.02. The van der Waals surface area contributed by atoms with E-state index < -0.39 is 0 Å². The van der Waals surface area contributed by atoms with Crippen LogP contribution in [0.25, 0.3) is 0 Å². The van der Waals surface area contributed by atoms with Crippen molar-refractivity contribution < 1.29 is 4.74 Å². The third kappa shape index (κ3) is 2.30. The first-order chi connectivity index (χ1) is 8.49. The molecular formula is C11H13N5OS. The largest absolute Gasteiger partial charge is 0.417 e. The van der Waals surface area contributed by atoms with Crippen LogP contribution in [0.1, 0.15) is 22.5 Å². The lowest BCUT2D eigenvalue weighted by molar-refractivity contribution is 0.434. The molecule has 0 aromatic carbocycles. The fraction of sp³-hybridized carbons (Fsp3) is 0.273. The molecule has 0 spiro atoms. The quantitative estimate of drug-likeness (QED) is 0.817. The molecule has 2 heterocycles. The highest BCUT2D eigenvalue weighted by Crippen LogP contribution is 2.24. The van der Waals surface area contributed by atoms with E-state index in [2.05, 4.69) is 20.4 Å². The minimum absolute atomic E-state index is 0.229. The second-order valence-corrected chi connectivity index (χ2v) is 4.39. The van der Waals surface area contributed by atoms with E-state index >= 15 is 0 Å². The Kier molecular flexibility index (Phi) is 3.24. The molecule has 0 aliphatic heterocycles. The Morgan fingerprint density at radius 2 is 2.06 bits per heavy atom. The zero-order valence-corrected chi connectivity index (χ0v) is 11.1. The van der Waals surface area contributed by atoms with Crippen LogP contribution < -0.4 is 10.5 Å². The van der Waals surface area contributed by atoms with Crippen molar-refractivity contribution in [2.24, 2.45) is 5.73 Å². The number of H-pyrrole nitrogens is 1. The highest BCUT2D eigenvalue weighted by molar-refractivity contribution is 7.80. The maximum absolute atomic E-state index is 5.70. The Hall–Kier alpha value is -2.02. The molecule has 2 rings (SSSR count). The first-order valence-electron chi connectivity index (χ1n) is 5.32. The summed E-state index contributed by atoms with van der Waals surface area (Å²) in [5.41, 5.74) is 8.81. The van der Waals surface area contributed by atoms with Crippen molar-refractivity contribution in [1.29, 1.82) is 0 Å². The summed E-state index contributed by atoms with van der Waals surface area (Å²) in [6.45, 7) is 5.59. The monoisotopic (exact) mass is 263 g/mol. The summed E-state index contributed by atoms with van der Waals surface area (Å²) in [5.74, 6) is 0.680. The van der Waals surface area contributed by atoms with Gasteiger partial charge in [-0.05, 0) is 26.3 Å². The van der Waals surface area contributed by atoms with Gasteiger partial charge in [0.2, 0.25) is 5.88 Å². The normalized spacial score (nSPS) is 10.4. The van der Waals surface area contributed by atoms with Crippen LogP contribution in [0, 0.1) is 20.8 Å². The Labute approximate surface area is 110 Å². The van der Waals surface area contributed by atoms with Crippen LogP contribution in [0.5, 0.6) is 11.8 Å².